The Bertz CT molecular complexity index is 45.6. The van der Waals surface area contributed by atoms with Gasteiger partial charge in [-0.15, -0.1) is 0 Å². The van der Waals surface area contributed by atoms with Crippen LogP contribution in [0.1, 0.15) is 1.43 Å². The van der Waals surface area contributed by atoms with Crippen LogP contribution in [0.2, 0.25) is 0 Å². The molecular formula is C6H17AlNaO4. The van der Waals surface area contributed by atoms with Gasteiger partial charge < -0.3 is 21.1 Å². The summed E-state index contributed by atoms with van der Waals surface area (Å²) in [6, 6.07) is 0. The monoisotopic (exact) mass is 203 g/mol. The number of hydrogen-bond donors (Lipinski definition) is 2. The van der Waals surface area contributed by atoms with Gasteiger partial charge in [0.2, 0.25) is 0 Å². The first-order chi connectivity index (χ1) is 4.83. The first kappa shape index (κ1) is 23.3. The normalized spacial score (nSPS) is 7.00. The van der Waals surface area contributed by atoms with Gasteiger partial charge in [-0.1, -0.05) is 0 Å². The summed E-state index contributed by atoms with van der Waals surface area (Å²) in [5, 5.41) is 15.9. The van der Waals surface area contributed by atoms with Crippen LogP contribution in [0.5, 0.6) is 0 Å². The molecule has 0 aliphatic carbocycles. The van der Waals surface area contributed by atoms with Gasteiger partial charge in [-0.05, 0) is 0 Å². The summed E-state index contributed by atoms with van der Waals surface area (Å²) in [7, 11) is 3.10. The molecule has 0 saturated heterocycles. The van der Waals surface area contributed by atoms with Crippen molar-refractivity contribution in [2.75, 3.05) is 40.6 Å². The molecule has 0 fully saturated rings. The molecule has 2 N–H and O–H groups in total. The van der Waals surface area contributed by atoms with Crippen LogP contribution in [0.15, 0.2) is 0 Å². The summed E-state index contributed by atoms with van der Waals surface area (Å²) in [6.45, 7) is 1.13. The number of methoxy groups -OCH3 is 2. The summed E-state index contributed by atoms with van der Waals surface area (Å²) < 4.78 is 8.88. The molecule has 6 heteroatoms. The van der Waals surface area contributed by atoms with Crippen LogP contribution in [0.25, 0.3) is 0 Å². The van der Waals surface area contributed by atoms with Crippen molar-refractivity contribution in [3.63, 3.8) is 0 Å². The van der Waals surface area contributed by atoms with E-state index in [1.165, 1.54) is 0 Å². The van der Waals surface area contributed by atoms with E-state index in [2.05, 4.69) is 9.47 Å². The molecule has 0 aromatic carbocycles. The second-order valence-electron chi connectivity index (χ2n) is 1.43. The zero-order valence-electron chi connectivity index (χ0n) is 9.12. The summed E-state index contributed by atoms with van der Waals surface area (Å²) in [6.07, 6.45) is 0. The molecule has 0 aliphatic rings. The van der Waals surface area contributed by atoms with Gasteiger partial charge in [0.1, 0.15) is 0 Å². The molecule has 0 spiro atoms. The van der Waals surface area contributed by atoms with Gasteiger partial charge in [0, 0.05) is 31.6 Å². The maximum absolute atomic E-state index is 7.94. The van der Waals surface area contributed by atoms with E-state index in [-0.39, 0.29) is 61.6 Å². The molecule has 0 bridgehead atoms. The van der Waals surface area contributed by atoms with Gasteiger partial charge in [-0.3, -0.25) is 0 Å². The van der Waals surface area contributed by atoms with Gasteiger partial charge in [0.05, 0.1) is 26.4 Å². The molecule has 0 amide bonds. The summed E-state index contributed by atoms with van der Waals surface area (Å²) in [5.41, 5.74) is 0. The molecule has 0 aromatic heterocycles. The molecule has 69 valence electrons. The first-order valence-corrected chi connectivity index (χ1v) is 3.03. The van der Waals surface area contributed by atoms with Crippen LogP contribution in [-0.4, -0.2) is 68.2 Å². The van der Waals surface area contributed by atoms with Crippen molar-refractivity contribution in [2.45, 2.75) is 0 Å². The fourth-order valence-electron chi connectivity index (χ4n) is 0.183. The molecule has 12 heavy (non-hydrogen) atoms. The molecule has 0 atom stereocenters. The standard InChI is InChI=1S/2C3H8O2.Al.Na.H/c2*1-5-3-2-4;;;/h2*4H,2-3H2,1H3;;;/q;;;+1;-1. The van der Waals surface area contributed by atoms with Crippen LogP contribution in [0.4, 0.5) is 0 Å². The van der Waals surface area contributed by atoms with Crippen LogP contribution in [0.3, 0.4) is 0 Å². The SMILES string of the molecule is COCCO.COCCO.[Al].[H-].[Na+]. The van der Waals surface area contributed by atoms with Gasteiger partial charge in [0.15, 0.2) is 0 Å². The zero-order valence-corrected chi connectivity index (χ0v) is 11.3. The van der Waals surface area contributed by atoms with E-state index in [1.807, 2.05) is 0 Å². The Hall–Kier alpha value is 1.37. The van der Waals surface area contributed by atoms with Crippen molar-refractivity contribution in [2.24, 2.45) is 0 Å². The van der Waals surface area contributed by atoms with Crippen LogP contribution < -0.4 is 29.6 Å². The van der Waals surface area contributed by atoms with Crippen molar-refractivity contribution in [1.82, 2.24) is 0 Å². The maximum atomic E-state index is 7.94. The minimum absolute atomic E-state index is 0. The quantitative estimate of drug-likeness (QED) is 0.457. The molecule has 3 radical (unpaired) electrons. The molecule has 0 rings (SSSR count). The molecular weight excluding hydrogens is 186 g/mol. The van der Waals surface area contributed by atoms with E-state index in [4.69, 9.17) is 10.2 Å². The first-order valence-electron chi connectivity index (χ1n) is 3.03. The van der Waals surface area contributed by atoms with E-state index >= 15 is 0 Å². The topological polar surface area (TPSA) is 58.9 Å². The minimum Gasteiger partial charge on any atom is -1.00 e. The number of rotatable bonds is 4. The van der Waals surface area contributed by atoms with Crippen molar-refractivity contribution in [3.05, 3.63) is 0 Å². The second kappa shape index (κ2) is 29.4. The van der Waals surface area contributed by atoms with E-state index < -0.39 is 0 Å². The summed E-state index contributed by atoms with van der Waals surface area (Å²) in [4.78, 5) is 0. The fraction of sp³-hybridized carbons (Fsp3) is 1.00. The largest absolute Gasteiger partial charge is 1.00 e. The molecule has 4 nitrogen and oxygen atoms in total. The van der Waals surface area contributed by atoms with Crippen molar-refractivity contribution in [3.8, 4) is 0 Å². The predicted molar refractivity (Wildman–Crippen MR) is 44.8 cm³/mol. The average Bonchev–Trinajstić information content (AvgIpc) is 1.93. The third-order valence-corrected chi connectivity index (χ3v) is 0.591. The second-order valence-corrected chi connectivity index (χ2v) is 1.43. The molecule has 0 saturated carbocycles. The molecule has 0 unspecified atom stereocenters. The molecule has 0 heterocycles. The van der Waals surface area contributed by atoms with Crippen LogP contribution in [0, 0.1) is 0 Å². The number of hydrogen-bond acceptors (Lipinski definition) is 4. The van der Waals surface area contributed by atoms with Crippen molar-refractivity contribution < 1.29 is 50.7 Å². The zero-order chi connectivity index (χ0) is 8.24. The minimum atomic E-state index is 0. The van der Waals surface area contributed by atoms with E-state index in [9.17, 15) is 0 Å². The Morgan fingerprint density at radius 2 is 1.25 bits per heavy atom. The maximum Gasteiger partial charge on any atom is 1.00 e. The van der Waals surface area contributed by atoms with Gasteiger partial charge in [-0.25, -0.2) is 0 Å². The smallest absolute Gasteiger partial charge is 1.00 e. The Morgan fingerprint density at radius 1 is 1.00 bits per heavy atom. The Labute approximate surface area is 108 Å². The molecule has 0 aromatic rings. The Balaban J connectivity index is -0.0000000267. The third kappa shape index (κ3) is 42.4. The third-order valence-electron chi connectivity index (χ3n) is 0.591. The van der Waals surface area contributed by atoms with Gasteiger partial charge in [0.25, 0.3) is 0 Å². The average molecular weight is 203 g/mol. The Morgan fingerprint density at radius 3 is 1.25 bits per heavy atom. The van der Waals surface area contributed by atoms with Crippen molar-refractivity contribution >= 4 is 17.4 Å². The van der Waals surface area contributed by atoms with Crippen LogP contribution >= 0.6 is 0 Å². The van der Waals surface area contributed by atoms with Crippen molar-refractivity contribution in [1.29, 1.82) is 0 Å². The molecule has 0 aliphatic heterocycles. The number of aliphatic hydroxyl groups is 2. The van der Waals surface area contributed by atoms with E-state index in [0.717, 1.165) is 0 Å². The summed E-state index contributed by atoms with van der Waals surface area (Å²) >= 11 is 0. The van der Waals surface area contributed by atoms with Gasteiger partial charge >= 0.3 is 29.6 Å². The summed E-state index contributed by atoms with van der Waals surface area (Å²) in [5.74, 6) is 0. The fourth-order valence-corrected chi connectivity index (χ4v) is 0.183. The number of aliphatic hydroxyl groups excluding tert-OH is 2. The van der Waals surface area contributed by atoms with Crippen LogP contribution in [-0.2, 0) is 9.47 Å². The predicted octanol–water partition coefficient (Wildman–Crippen LogP) is -4.01. The Kier molecular flexibility index (Phi) is 57.2. The number of ether oxygens (including phenoxy) is 2. The van der Waals surface area contributed by atoms with Gasteiger partial charge in [-0.2, -0.15) is 0 Å². The van der Waals surface area contributed by atoms with E-state index in [1.54, 1.807) is 14.2 Å². The van der Waals surface area contributed by atoms with E-state index in [0.29, 0.717) is 13.2 Å².